The first-order valence-electron chi connectivity index (χ1n) is 10.2. The number of carbonyl (C=O) groups excluding carboxylic acids is 3. The van der Waals surface area contributed by atoms with Gasteiger partial charge in [-0.25, -0.2) is 0 Å². The normalized spacial score (nSPS) is 16.2. The summed E-state index contributed by atoms with van der Waals surface area (Å²) in [4.78, 5) is 42.4. The number of likely N-dealkylation sites (tertiary alicyclic amines) is 1. The zero-order chi connectivity index (χ0) is 21.1. The number of carbonyl (C=O) groups is 3. The monoisotopic (exact) mass is 423 g/mol. The third-order valence-electron chi connectivity index (χ3n) is 5.43. The molecule has 0 aliphatic carbocycles. The number of nitrogens with one attached hydrogen (secondary N) is 1. The van der Waals surface area contributed by atoms with Gasteiger partial charge < -0.3 is 15.1 Å². The predicted molar refractivity (Wildman–Crippen MR) is 119 cm³/mol. The number of nitrogens with zero attached hydrogens (tertiary/aromatic N) is 2. The van der Waals surface area contributed by atoms with E-state index in [0.717, 1.165) is 42.8 Å². The Morgan fingerprint density at radius 2 is 1.77 bits per heavy atom. The van der Waals surface area contributed by atoms with Gasteiger partial charge in [-0.3, -0.25) is 14.4 Å². The highest BCUT2D eigenvalue weighted by Crippen LogP contribution is 2.36. The van der Waals surface area contributed by atoms with Crippen LogP contribution in [0.5, 0.6) is 0 Å². The van der Waals surface area contributed by atoms with Gasteiger partial charge in [0.15, 0.2) is 0 Å². The summed E-state index contributed by atoms with van der Waals surface area (Å²) in [6.45, 7) is 3.44. The Kier molecular flexibility index (Phi) is 6.08. The Hall–Kier alpha value is -2.80. The topological polar surface area (TPSA) is 69.7 Å². The second-order valence-electron chi connectivity index (χ2n) is 7.72. The van der Waals surface area contributed by atoms with Crippen LogP contribution in [0, 0.1) is 6.92 Å². The first-order chi connectivity index (χ1) is 14.5. The average Bonchev–Trinajstić information content (AvgIpc) is 2.77. The molecular weight excluding hydrogens is 398 g/mol. The van der Waals surface area contributed by atoms with Crippen molar-refractivity contribution < 1.29 is 14.4 Å². The minimum atomic E-state index is -0.266. The highest BCUT2D eigenvalue weighted by molar-refractivity contribution is 8.00. The number of amides is 3. The van der Waals surface area contributed by atoms with E-state index in [4.69, 9.17) is 0 Å². The van der Waals surface area contributed by atoms with E-state index in [0.29, 0.717) is 16.9 Å². The van der Waals surface area contributed by atoms with Crippen LogP contribution < -0.4 is 10.2 Å². The van der Waals surface area contributed by atoms with Gasteiger partial charge in [0.25, 0.3) is 5.91 Å². The summed E-state index contributed by atoms with van der Waals surface area (Å²) in [6, 6.07) is 13.0. The number of hydrogen-bond donors (Lipinski definition) is 1. The van der Waals surface area contributed by atoms with Crippen molar-refractivity contribution in [2.75, 3.05) is 35.6 Å². The molecule has 0 atom stereocenters. The molecule has 30 heavy (non-hydrogen) atoms. The molecule has 0 aromatic heterocycles. The SMILES string of the molecule is Cc1ccc(NC(=O)CN2C(=O)CSc3ccc(C(=O)N4CCCCC4)cc32)cc1. The van der Waals surface area contributed by atoms with E-state index < -0.39 is 0 Å². The minimum Gasteiger partial charge on any atom is -0.339 e. The van der Waals surface area contributed by atoms with Crippen molar-refractivity contribution in [2.45, 2.75) is 31.1 Å². The van der Waals surface area contributed by atoms with Crippen LogP contribution in [0.4, 0.5) is 11.4 Å². The summed E-state index contributed by atoms with van der Waals surface area (Å²) < 4.78 is 0. The number of rotatable bonds is 4. The second-order valence-corrected chi connectivity index (χ2v) is 8.74. The highest BCUT2D eigenvalue weighted by atomic mass is 32.2. The fourth-order valence-electron chi connectivity index (χ4n) is 3.77. The van der Waals surface area contributed by atoms with Gasteiger partial charge in [0.1, 0.15) is 6.54 Å². The summed E-state index contributed by atoms with van der Waals surface area (Å²) in [5.41, 5.74) is 3.00. The predicted octanol–water partition coefficient (Wildman–Crippen LogP) is 3.70. The van der Waals surface area contributed by atoms with Gasteiger partial charge in [-0.05, 0) is 56.5 Å². The summed E-state index contributed by atoms with van der Waals surface area (Å²) in [6.07, 6.45) is 3.20. The lowest BCUT2D eigenvalue weighted by Gasteiger charge is -2.30. The van der Waals surface area contributed by atoms with E-state index in [1.165, 1.54) is 16.7 Å². The number of hydrogen-bond acceptors (Lipinski definition) is 4. The molecular formula is C23H25N3O3S. The van der Waals surface area contributed by atoms with Crippen molar-refractivity contribution in [3.8, 4) is 0 Å². The van der Waals surface area contributed by atoms with E-state index >= 15 is 0 Å². The largest absolute Gasteiger partial charge is 0.339 e. The molecule has 2 aromatic rings. The van der Waals surface area contributed by atoms with Gasteiger partial charge in [0.2, 0.25) is 11.8 Å². The quantitative estimate of drug-likeness (QED) is 0.814. The Morgan fingerprint density at radius 3 is 2.50 bits per heavy atom. The Labute approximate surface area is 180 Å². The fourth-order valence-corrected chi connectivity index (χ4v) is 4.69. The molecule has 2 heterocycles. The van der Waals surface area contributed by atoms with Gasteiger partial charge in [-0.1, -0.05) is 17.7 Å². The van der Waals surface area contributed by atoms with Gasteiger partial charge in [0.05, 0.1) is 11.4 Å². The van der Waals surface area contributed by atoms with E-state index in [-0.39, 0.29) is 30.0 Å². The van der Waals surface area contributed by atoms with Crippen molar-refractivity contribution in [1.29, 1.82) is 0 Å². The molecule has 1 saturated heterocycles. The standard InChI is InChI=1S/C23H25N3O3S/c1-16-5-8-18(9-6-16)24-21(27)14-26-19-13-17(7-10-20(19)30-15-22(26)28)23(29)25-11-3-2-4-12-25/h5-10,13H,2-4,11-12,14-15H2,1H3,(H,24,27). The maximum absolute atomic E-state index is 12.9. The number of benzene rings is 2. The van der Waals surface area contributed by atoms with Crippen molar-refractivity contribution in [1.82, 2.24) is 4.90 Å². The van der Waals surface area contributed by atoms with Crippen molar-refractivity contribution >= 4 is 40.9 Å². The Balaban J connectivity index is 1.53. The van der Waals surface area contributed by atoms with Crippen LogP contribution >= 0.6 is 11.8 Å². The molecule has 0 bridgehead atoms. The third kappa shape index (κ3) is 4.51. The first kappa shape index (κ1) is 20.5. The number of thioether (sulfide) groups is 1. The number of aryl methyl sites for hydroxylation is 1. The molecule has 7 heteroatoms. The molecule has 4 rings (SSSR count). The van der Waals surface area contributed by atoms with Crippen LogP contribution in [0.2, 0.25) is 0 Å². The van der Waals surface area contributed by atoms with E-state index in [2.05, 4.69) is 5.32 Å². The molecule has 1 fully saturated rings. The smallest absolute Gasteiger partial charge is 0.253 e. The summed E-state index contributed by atoms with van der Waals surface area (Å²) in [5, 5.41) is 2.84. The number of fused-ring (bicyclic) bond motifs is 1. The van der Waals surface area contributed by atoms with E-state index in [1.807, 2.05) is 48.2 Å². The molecule has 0 radical (unpaired) electrons. The average molecular weight is 424 g/mol. The van der Waals surface area contributed by atoms with Gasteiger partial charge in [-0.15, -0.1) is 11.8 Å². The summed E-state index contributed by atoms with van der Waals surface area (Å²) >= 11 is 1.44. The van der Waals surface area contributed by atoms with E-state index in [9.17, 15) is 14.4 Å². The third-order valence-corrected chi connectivity index (χ3v) is 6.48. The molecule has 3 amide bonds. The van der Waals surface area contributed by atoms with Crippen LogP contribution in [0.3, 0.4) is 0 Å². The molecule has 1 N–H and O–H groups in total. The molecule has 0 saturated carbocycles. The van der Waals surface area contributed by atoms with Crippen LogP contribution in [0.25, 0.3) is 0 Å². The minimum absolute atomic E-state index is 0.00965. The van der Waals surface area contributed by atoms with Gasteiger partial charge in [0, 0.05) is 29.2 Å². The molecule has 6 nitrogen and oxygen atoms in total. The number of piperidine rings is 1. The Morgan fingerprint density at radius 1 is 1.03 bits per heavy atom. The molecule has 156 valence electrons. The van der Waals surface area contributed by atoms with Crippen LogP contribution in [-0.4, -0.2) is 48.0 Å². The summed E-state index contributed by atoms with van der Waals surface area (Å²) in [5.74, 6) is -0.124. The Bertz CT molecular complexity index is 968. The summed E-state index contributed by atoms with van der Waals surface area (Å²) in [7, 11) is 0. The highest BCUT2D eigenvalue weighted by Gasteiger charge is 2.28. The first-order valence-corrected chi connectivity index (χ1v) is 11.2. The zero-order valence-electron chi connectivity index (χ0n) is 17.0. The maximum atomic E-state index is 12.9. The fraction of sp³-hybridized carbons (Fsp3) is 0.348. The van der Waals surface area contributed by atoms with Crippen molar-refractivity contribution in [3.05, 3.63) is 53.6 Å². The molecule has 2 aliphatic heterocycles. The molecule has 2 aliphatic rings. The lowest BCUT2D eigenvalue weighted by molar-refractivity contribution is -0.120. The van der Waals surface area contributed by atoms with Crippen LogP contribution in [0.15, 0.2) is 47.4 Å². The van der Waals surface area contributed by atoms with Crippen molar-refractivity contribution in [2.24, 2.45) is 0 Å². The maximum Gasteiger partial charge on any atom is 0.253 e. The lowest BCUT2D eigenvalue weighted by Crippen LogP contribution is -2.41. The molecule has 2 aromatic carbocycles. The lowest BCUT2D eigenvalue weighted by atomic mass is 10.1. The van der Waals surface area contributed by atoms with Crippen LogP contribution in [-0.2, 0) is 9.59 Å². The zero-order valence-corrected chi connectivity index (χ0v) is 17.8. The number of anilines is 2. The van der Waals surface area contributed by atoms with Crippen LogP contribution in [0.1, 0.15) is 35.2 Å². The molecule has 0 unspecified atom stereocenters. The van der Waals surface area contributed by atoms with E-state index in [1.54, 1.807) is 6.07 Å². The van der Waals surface area contributed by atoms with Gasteiger partial charge in [-0.2, -0.15) is 0 Å². The van der Waals surface area contributed by atoms with Crippen molar-refractivity contribution in [3.63, 3.8) is 0 Å². The second kappa shape index (κ2) is 8.92. The molecule has 0 spiro atoms. The van der Waals surface area contributed by atoms with Gasteiger partial charge >= 0.3 is 0 Å².